The second-order valence-corrected chi connectivity index (χ2v) is 8.37. The summed E-state index contributed by atoms with van der Waals surface area (Å²) < 4.78 is 6.16. The van der Waals surface area contributed by atoms with Gasteiger partial charge in [0.25, 0.3) is 11.8 Å². The van der Waals surface area contributed by atoms with E-state index in [0.717, 1.165) is 24.0 Å². The zero-order chi connectivity index (χ0) is 22.9. The molecule has 0 bridgehead atoms. The molecular weight excluding hydrogens is 404 g/mol. The van der Waals surface area contributed by atoms with Crippen LogP contribution < -0.4 is 0 Å². The lowest BCUT2D eigenvalue weighted by atomic mass is 9.93. The third-order valence-electron chi connectivity index (χ3n) is 6.00. The first kappa shape index (κ1) is 23.8. The molecule has 0 aliphatic carbocycles. The zero-order valence-corrected chi connectivity index (χ0v) is 19.4. The van der Waals surface area contributed by atoms with Gasteiger partial charge in [-0.1, -0.05) is 94.8 Å². The maximum atomic E-state index is 13.4. The van der Waals surface area contributed by atoms with Gasteiger partial charge in [-0.3, -0.25) is 9.63 Å². The molecule has 2 aromatic carbocycles. The van der Waals surface area contributed by atoms with Crippen LogP contribution in [0, 0.1) is 11.8 Å². The second kappa shape index (κ2) is 11.7. The molecule has 1 aliphatic rings. The minimum atomic E-state index is -0.657. The number of carbonyl (C=O) groups excluding carboxylic acids is 1. The topological polar surface area (TPSA) is 60.4 Å². The Morgan fingerprint density at radius 3 is 2.03 bits per heavy atom. The van der Waals surface area contributed by atoms with Crippen LogP contribution in [0.3, 0.4) is 0 Å². The van der Waals surface area contributed by atoms with Crippen molar-refractivity contribution in [3.63, 3.8) is 0 Å². The highest BCUT2D eigenvalue weighted by Crippen LogP contribution is 2.29. The predicted octanol–water partition coefficient (Wildman–Crippen LogP) is 5.34. The summed E-state index contributed by atoms with van der Waals surface area (Å²) in [5.41, 5.74) is 2.01. The van der Waals surface area contributed by atoms with E-state index in [4.69, 9.17) is 14.4 Å². The van der Waals surface area contributed by atoms with E-state index in [0.29, 0.717) is 19.1 Å². The van der Waals surface area contributed by atoms with Crippen molar-refractivity contribution in [2.24, 2.45) is 17.0 Å². The van der Waals surface area contributed by atoms with E-state index in [9.17, 15) is 4.79 Å². The number of hydroxylamine groups is 2. The number of oxime groups is 1. The fourth-order valence-electron chi connectivity index (χ4n) is 3.57. The number of carbonyl (C=O) groups is 1. The van der Waals surface area contributed by atoms with Gasteiger partial charge in [-0.25, -0.2) is 5.06 Å². The molecule has 0 radical (unpaired) electrons. The summed E-state index contributed by atoms with van der Waals surface area (Å²) in [5, 5.41) is 5.83. The number of morpholine rings is 1. The number of ether oxygens (including phenoxy) is 1. The Balaban J connectivity index is 1.85. The molecule has 0 N–H and O–H groups in total. The monoisotopic (exact) mass is 438 g/mol. The quantitative estimate of drug-likeness (QED) is 0.470. The number of rotatable bonds is 10. The molecule has 6 heteroatoms. The number of amides is 1. The summed E-state index contributed by atoms with van der Waals surface area (Å²) in [7, 11) is 0. The minimum Gasteiger partial charge on any atom is -0.463 e. The van der Waals surface area contributed by atoms with Crippen molar-refractivity contribution in [3.8, 4) is 0 Å². The first-order chi connectivity index (χ1) is 15.5. The smallest absolute Gasteiger partial charge is 0.288 e. The van der Waals surface area contributed by atoms with Crippen molar-refractivity contribution in [1.82, 2.24) is 5.06 Å². The van der Waals surface area contributed by atoms with E-state index < -0.39 is 12.1 Å². The van der Waals surface area contributed by atoms with Gasteiger partial charge in [0.2, 0.25) is 0 Å². The van der Waals surface area contributed by atoms with Gasteiger partial charge in [0.1, 0.15) is 19.3 Å². The van der Waals surface area contributed by atoms with Gasteiger partial charge < -0.3 is 9.57 Å². The standard InChI is InChI=1S/C26H34N2O4/c1-5-19(3)23-25(27-30-17-21-13-9-7-10-14-21)32-24(20(4)6-2)26(29)28(23)31-18-22-15-11-8-12-16-22/h7-16,19-20,23-24H,5-6,17-18H2,1-4H3/b27-25-/t19-,20-,23?,24?/m0/s1. The second-order valence-electron chi connectivity index (χ2n) is 8.37. The summed E-state index contributed by atoms with van der Waals surface area (Å²) >= 11 is 0. The van der Waals surface area contributed by atoms with Gasteiger partial charge in [-0.2, -0.15) is 0 Å². The van der Waals surface area contributed by atoms with Gasteiger partial charge >= 0.3 is 0 Å². The summed E-state index contributed by atoms with van der Waals surface area (Å²) in [6.07, 6.45) is 0.975. The maximum Gasteiger partial charge on any atom is 0.288 e. The molecule has 1 saturated heterocycles. The van der Waals surface area contributed by atoms with Crippen molar-refractivity contribution in [3.05, 3.63) is 71.8 Å². The molecule has 1 aliphatic heterocycles. The summed E-state index contributed by atoms with van der Waals surface area (Å²) in [6.45, 7) is 8.81. The molecule has 4 atom stereocenters. The van der Waals surface area contributed by atoms with Crippen LogP contribution in [-0.4, -0.2) is 29.0 Å². The molecule has 1 heterocycles. The fourth-order valence-corrected chi connectivity index (χ4v) is 3.57. The maximum absolute atomic E-state index is 13.4. The van der Waals surface area contributed by atoms with E-state index >= 15 is 0 Å². The summed E-state index contributed by atoms with van der Waals surface area (Å²) in [6, 6.07) is 19.2. The van der Waals surface area contributed by atoms with Crippen LogP contribution in [-0.2, 0) is 32.4 Å². The summed E-state index contributed by atoms with van der Waals surface area (Å²) in [4.78, 5) is 25.2. The molecule has 3 rings (SSSR count). The van der Waals surface area contributed by atoms with Crippen molar-refractivity contribution < 1.29 is 19.2 Å². The number of benzene rings is 2. The highest BCUT2D eigenvalue weighted by atomic mass is 16.7. The molecule has 32 heavy (non-hydrogen) atoms. The molecule has 1 amide bonds. The van der Waals surface area contributed by atoms with Crippen molar-refractivity contribution in [1.29, 1.82) is 0 Å². The number of hydrogen-bond acceptors (Lipinski definition) is 5. The zero-order valence-electron chi connectivity index (χ0n) is 19.4. The molecule has 0 aromatic heterocycles. The normalized spacial score (nSPS) is 21.8. The van der Waals surface area contributed by atoms with E-state index in [-0.39, 0.29) is 17.7 Å². The van der Waals surface area contributed by atoms with Crippen LogP contribution in [0.15, 0.2) is 65.8 Å². The van der Waals surface area contributed by atoms with Gasteiger partial charge in [-0.05, 0) is 28.6 Å². The Morgan fingerprint density at radius 1 is 0.906 bits per heavy atom. The SMILES string of the molecule is CC[C@H](C)C1O/C(=N\OCc2ccccc2)C([C@@H](C)CC)N(OCc2ccccc2)C1=O. The number of nitrogens with zero attached hydrogens (tertiary/aromatic N) is 2. The lowest BCUT2D eigenvalue weighted by molar-refractivity contribution is -0.223. The van der Waals surface area contributed by atoms with Gasteiger partial charge in [-0.15, -0.1) is 0 Å². The molecular formula is C26H34N2O4. The lowest BCUT2D eigenvalue weighted by Crippen LogP contribution is -2.60. The van der Waals surface area contributed by atoms with Crippen LogP contribution in [0.1, 0.15) is 51.7 Å². The van der Waals surface area contributed by atoms with E-state index in [1.54, 1.807) is 0 Å². The van der Waals surface area contributed by atoms with Crippen molar-refractivity contribution in [2.45, 2.75) is 65.9 Å². The van der Waals surface area contributed by atoms with Crippen LogP contribution in [0.2, 0.25) is 0 Å². The third kappa shape index (κ3) is 5.88. The molecule has 172 valence electrons. The predicted molar refractivity (Wildman–Crippen MR) is 124 cm³/mol. The fraction of sp³-hybridized carbons (Fsp3) is 0.462. The van der Waals surface area contributed by atoms with Crippen molar-refractivity contribution >= 4 is 11.8 Å². The average Bonchev–Trinajstić information content (AvgIpc) is 2.84. The Kier molecular flexibility index (Phi) is 8.68. The van der Waals surface area contributed by atoms with Crippen LogP contribution in [0.4, 0.5) is 0 Å². The summed E-state index contributed by atoms with van der Waals surface area (Å²) in [5.74, 6) is 0.324. The first-order valence-electron chi connectivity index (χ1n) is 11.4. The van der Waals surface area contributed by atoms with Gasteiger partial charge in [0, 0.05) is 5.92 Å². The Bertz CT molecular complexity index is 872. The van der Waals surface area contributed by atoms with Crippen molar-refractivity contribution in [2.75, 3.05) is 0 Å². The molecule has 2 unspecified atom stereocenters. The Morgan fingerprint density at radius 2 is 1.47 bits per heavy atom. The highest BCUT2D eigenvalue weighted by molar-refractivity contribution is 5.94. The van der Waals surface area contributed by atoms with Gasteiger partial charge in [0.05, 0.1) is 0 Å². The third-order valence-corrected chi connectivity index (χ3v) is 6.00. The van der Waals surface area contributed by atoms with E-state index in [1.165, 1.54) is 5.06 Å². The molecule has 1 fully saturated rings. The largest absolute Gasteiger partial charge is 0.463 e. The van der Waals surface area contributed by atoms with E-state index in [1.807, 2.05) is 74.5 Å². The minimum absolute atomic E-state index is 0.0162. The Hall–Kier alpha value is -2.86. The molecule has 6 nitrogen and oxygen atoms in total. The molecule has 0 spiro atoms. The van der Waals surface area contributed by atoms with E-state index in [2.05, 4.69) is 19.0 Å². The van der Waals surface area contributed by atoms with Crippen LogP contribution in [0.25, 0.3) is 0 Å². The first-order valence-corrected chi connectivity index (χ1v) is 11.4. The molecule has 0 saturated carbocycles. The van der Waals surface area contributed by atoms with Gasteiger partial charge in [0.15, 0.2) is 6.10 Å². The average molecular weight is 439 g/mol. The lowest BCUT2D eigenvalue weighted by Gasteiger charge is -2.42. The number of hydrogen-bond donors (Lipinski definition) is 0. The van der Waals surface area contributed by atoms with Crippen LogP contribution >= 0.6 is 0 Å². The highest BCUT2D eigenvalue weighted by Gasteiger charge is 2.46. The Labute approximate surface area is 191 Å². The molecule has 2 aromatic rings. The van der Waals surface area contributed by atoms with Crippen LogP contribution in [0.5, 0.6) is 0 Å².